The summed E-state index contributed by atoms with van der Waals surface area (Å²) in [5, 5.41) is 3.08. The first-order valence-electron chi connectivity index (χ1n) is 5.43. The van der Waals surface area contributed by atoms with Crippen LogP contribution in [0.3, 0.4) is 0 Å². The van der Waals surface area contributed by atoms with E-state index >= 15 is 0 Å². The lowest BCUT2D eigenvalue weighted by Gasteiger charge is -2.06. The van der Waals surface area contributed by atoms with E-state index in [1.165, 1.54) is 0 Å². The van der Waals surface area contributed by atoms with Gasteiger partial charge >= 0.3 is 6.18 Å². The van der Waals surface area contributed by atoms with Crippen LogP contribution in [0.1, 0.15) is 44.2 Å². The molecule has 2 N–H and O–H groups in total. The van der Waals surface area contributed by atoms with Crippen molar-refractivity contribution in [2.24, 2.45) is 0 Å². The van der Waals surface area contributed by atoms with Gasteiger partial charge in [-0.2, -0.15) is 13.2 Å². The van der Waals surface area contributed by atoms with Crippen molar-refractivity contribution in [1.82, 2.24) is 15.3 Å². The van der Waals surface area contributed by atoms with E-state index < -0.39 is 11.9 Å². The van der Waals surface area contributed by atoms with Gasteiger partial charge in [-0.3, -0.25) is 0 Å². The molecule has 2 heterocycles. The first kappa shape index (κ1) is 13.0. The highest BCUT2D eigenvalue weighted by Gasteiger charge is 2.34. The summed E-state index contributed by atoms with van der Waals surface area (Å²) in [6, 6.07) is -0.0499. The number of H-pyrrole nitrogens is 1. The van der Waals surface area contributed by atoms with Gasteiger partial charge < -0.3 is 10.3 Å². The van der Waals surface area contributed by atoms with Gasteiger partial charge in [0.05, 0.1) is 12.2 Å². The third-order valence-electron chi connectivity index (χ3n) is 2.29. The molecule has 6 heteroatoms. The molecular weight excluding hydrogens is 219 g/mol. The molecule has 0 aromatic carbocycles. The summed E-state index contributed by atoms with van der Waals surface area (Å²) in [7, 11) is 0. The quantitative estimate of drug-likeness (QED) is 0.785. The van der Waals surface area contributed by atoms with E-state index in [2.05, 4.69) is 15.3 Å². The molecule has 1 aliphatic heterocycles. The number of hydrogen-bond donors (Lipinski definition) is 2. The van der Waals surface area contributed by atoms with Crippen molar-refractivity contribution in [3.63, 3.8) is 0 Å². The zero-order chi connectivity index (χ0) is 12.2. The number of rotatable bonds is 1. The van der Waals surface area contributed by atoms with E-state index in [-0.39, 0.29) is 6.04 Å². The van der Waals surface area contributed by atoms with Crippen LogP contribution in [0.25, 0.3) is 0 Å². The number of halogens is 3. The summed E-state index contributed by atoms with van der Waals surface area (Å²) in [5.41, 5.74) is -0.777. The van der Waals surface area contributed by atoms with Crippen LogP contribution in [-0.2, 0) is 6.18 Å². The number of imidazole rings is 1. The second kappa shape index (κ2) is 5.34. The highest BCUT2D eigenvalue weighted by Crippen LogP contribution is 2.29. The summed E-state index contributed by atoms with van der Waals surface area (Å²) in [6.07, 6.45) is -1.67. The molecule has 1 aliphatic rings. The molecule has 1 saturated heterocycles. The summed E-state index contributed by atoms with van der Waals surface area (Å²) >= 11 is 0. The van der Waals surface area contributed by atoms with Crippen LogP contribution in [0.2, 0.25) is 0 Å². The Morgan fingerprint density at radius 3 is 2.50 bits per heavy atom. The molecule has 1 atom stereocenters. The van der Waals surface area contributed by atoms with Gasteiger partial charge in [0, 0.05) is 0 Å². The maximum absolute atomic E-state index is 12.2. The van der Waals surface area contributed by atoms with E-state index in [1.807, 2.05) is 13.8 Å². The zero-order valence-corrected chi connectivity index (χ0v) is 9.36. The number of nitrogens with zero attached hydrogens (tertiary/aromatic N) is 1. The molecule has 92 valence electrons. The highest BCUT2D eigenvalue weighted by atomic mass is 19.4. The lowest BCUT2D eigenvalue weighted by Crippen LogP contribution is -2.14. The van der Waals surface area contributed by atoms with Crippen LogP contribution in [0.5, 0.6) is 0 Å². The van der Waals surface area contributed by atoms with Crippen molar-refractivity contribution >= 4 is 0 Å². The second-order valence-electron chi connectivity index (χ2n) is 3.33. The van der Waals surface area contributed by atoms with Gasteiger partial charge in [0.15, 0.2) is 0 Å². The van der Waals surface area contributed by atoms with Crippen LogP contribution in [0.15, 0.2) is 6.20 Å². The van der Waals surface area contributed by atoms with Crippen molar-refractivity contribution in [1.29, 1.82) is 0 Å². The van der Waals surface area contributed by atoms with Crippen molar-refractivity contribution in [3.8, 4) is 0 Å². The SMILES string of the molecule is CC.FC(F)(F)c1cnc(C2CCCN2)[nH]1. The molecule has 0 radical (unpaired) electrons. The lowest BCUT2D eigenvalue weighted by atomic mass is 10.2. The first-order valence-corrected chi connectivity index (χ1v) is 5.43. The van der Waals surface area contributed by atoms with Gasteiger partial charge in [0.2, 0.25) is 0 Å². The fourth-order valence-electron chi connectivity index (χ4n) is 1.58. The molecule has 0 bridgehead atoms. The van der Waals surface area contributed by atoms with E-state index in [0.29, 0.717) is 5.82 Å². The monoisotopic (exact) mass is 235 g/mol. The molecule has 3 nitrogen and oxygen atoms in total. The molecule has 0 amide bonds. The Bertz CT molecular complexity index is 313. The number of nitrogens with one attached hydrogen (secondary N) is 2. The largest absolute Gasteiger partial charge is 0.432 e. The Balaban J connectivity index is 0.000000606. The average Bonchev–Trinajstić information content (AvgIpc) is 2.90. The third kappa shape index (κ3) is 2.98. The average molecular weight is 235 g/mol. The molecule has 0 aliphatic carbocycles. The molecule has 1 aromatic heterocycles. The number of hydrogen-bond acceptors (Lipinski definition) is 2. The van der Waals surface area contributed by atoms with Crippen molar-refractivity contribution < 1.29 is 13.2 Å². The number of alkyl halides is 3. The van der Waals surface area contributed by atoms with Gasteiger partial charge in [-0.25, -0.2) is 4.98 Å². The molecule has 1 unspecified atom stereocenters. The minimum Gasteiger partial charge on any atom is -0.337 e. The maximum atomic E-state index is 12.2. The Morgan fingerprint density at radius 1 is 1.38 bits per heavy atom. The zero-order valence-electron chi connectivity index (χ0n) is 9.36. The summed E-state index contributed by atoms with van der Waals surface area (Å²) in [4.78, 5) is 6.02. The second-order valence-corrected chi connectivity index (χ2v) is 3.33. The first-order chi connectivity index (χ1) is 7.57. The minimum absolute atomic E-state index is 0.0499. The smallest absolute Gasteiger partial charge is 0.337 e. The standard InChI is InChI=1S/C8H10F3N3.C2H6/c9-8(10,11)6-4-13-7(14-6)5-2-1-3-12-5;1-2/h4-5,12H,1-3H2,(H,13,14);1-2H3. The predicted octanol–water partition coefficient (Wildman–Crippen LogP) is 2.88. The van der Waals surface area contributed by atoms with Crippen molar-refractivity contribution in [3.05, 3.63) is 17.7 Å². The Kier molecular flexibility index (Phi) is 4.35. The summed E-state index contributed by atoms with van der Waals surface area (Å²) in [6.45, 7) is 4.84. The number of aromatic amines is 1. The highest BCUT2D eigenvalue weighted by molar-refractivity contribution is 5.08. The van der Waals surface area contributed by atoms with Gasteiger partial charge in [0.1, 0.15) is 11.5 Å². The van der Waals surface area contributed by atoms with Gasteiger partial charge in [0.25, 0.3) is 0 Å². The van der Waals surface area contributed by atoms with Gasteiger partial charge in [-0.15, -0.1) is 0 Å². The fraction of sp³-hybridized carbons (Fsp3) is 0.700. The van der Waals surface area contributed by atoms with Crippen molar-refractivity contribution in [2.75, 3.05) is 6.54 Å². The normalized spacial score (nSPS) is 20.4. The molecule has 0 spiro atoms. The molecule has 16 heavy (non-hydrogen) atoms. The molecule has 0 saturated carbocycles. The summed E-state index contributed by atoms with van der Waals surface area (Å²) < 4.78 is 36.6. The van der Waals surface area contributed by atoms with Gasteiger partial charge in [-0.1, -0.05) is 13.8 Å². The third-order valence-corrected chi connectivity index (χ3v) is 2.29. The molecule has 1 fully saturated rings. The van der Waals surface area contributed by atoms with Crippen LogP contribution in [0.4, 0.5) is 13.2 Å². The topological polar surface area (TPSA) is 40.7 Å². The summed E-state index contributed by atoms with van der Waals surface area (Å²) in [5.74, 6) is 0.384. The Labute approximate surface area is 92.5 Å². The molecule has 2 rings (SSSR count). The fourth-order valence-corrected chi connectivity index (χ4v) is 1.58. The van der Waals surface area contributed by atoms with Gasteiger partial charge in [-0.05, 0) is 19.4 Å². The van der Waals surface area contributed by atoms with Crippen LogP contribution in [0, 0.1) is 0 Å². The maximum Gasteiger partial charge on any atom is 0.432 e. The van der Waals surface area contributed by atoms with Crippen LogP contribution in [-0.4, -0.2) is 16.5 Å². The van der Waals surface area contributed by atoms with E-state index in [1.54, 1.807) is 0 Å². The Morgan fingerprint density at radius 2 is 2.06 bits per heavy atom. The lowest BCUT2D eigenvalue weighted by molar-refractivity contribution is -0.141. The van der Waals surface area contributed by atoms with E-state index in [4.69, 9.17) is 0 Å². The molecule has 1 aromatic rings. The Hall–Kier alpha value is -1.04. The van der Waals surface area contributed by atoms with Crippen molar-refractivity contribution in [2.45, 2.75) is 38.9 Å². The van der Waals surface area contributed by atoms with Crippen LogP contribution >= 0.6 is 0 Å². The minimum atomic E-state index is -4.33. The van der Waals surface area contributed by atoms with E-state index in [9.17, 15) is 13.2 Å². The van der Waals surface area contributed by atoms with Crippen LogP contribution < -0.4 is 5.32 Å². The predicted molar refractivity (Wildman–Crippen MR) is 54.9 cm³/mol. The number of aromatic nitrogens is 2. The molecular formula is C10H16F3N3. The van der Waals surface area contributed by atoms with E-state index in [0.717, 1.165) is 25.6 Å².